The summed E-state index contributed by atoms with van der Waals surface area (Å²) in [4.78, 5) is 10.1. The Bertz CT molecular complexity index is 384. The Morgan fingerprint density at radius 3 is 2.69 bits per heavy atom. The third kappa shape index (κ3) is 3.68. The quantitative estimate of drug-likeness (QED) is 0.840. The highest BCUT2D eigenvalue weighted by Gasteiger charge is 2.10. The van der Waals surface area contributed by atoms with Crippen LogP contribution in [-0.2, 0) is 6.54 Å². The van der Waals surface area contributed by atoms with Crippen molar-refractivity contribution in [1.82, 2.24) is 5.32 Å². The third-order valence-corrected chi connectivity index (χ3v) is 1.66. The maximum Gasteiger partial charge on any atom is 0.404 e. The molecule has 0 radical (unpaired) electrons. The molecule has 16 heavy (non-hydrogen) atoms. The maximum absolute atomic E-state index is 13.1. The van der Waals surface area contributed by atoms with E-state index in [1.54, 1.807) is 0 Å². The number of hydrogen-bond donors (Lipinski definition) is 2. The molecule has 1 aromatic carbocycles. The second-order valence-electron chi connectivity index (χ2n) is 2.80. The van der Waals surface area contributed by atoms with Crippen LogP contribution in [0.25, 0.3) is 0 Å². The van der Waals surface area contributed by atoms with E-state index in [1.165, 1.54) is 6.07 Å². The van der Waals surface area contributed by atoms with Crippen LogP contribution >= 0.6 is 0 Å². The van der Waals surface area contributed by atoms with Gasteiger partial charge in [0.05, 0.1) is 0 Å². The van der Waals surface area contributed by atoms with Crippen molar-refractivity contribution in [3.8, 4) is 5.75 Å². The summed E-state index contributed by atoms with van der Waals surface area (Å²) in [7, 11) is 0. The van der Waals surface area contributed by atoms with E-state index < -0.39 is 24.3 Å². The summed E-state index contributed by atoms with van der Waals surface area (Å²) < 4.78 is 40.5. The molecule has 0 aliphatic heterocycles. The number of hydrogen-bond acceptors (Lipinski definition) is 2. The van der Waals surface area contributed by atoms with Crippen molar-refractivity contribution in [3.05, 3.63) is 29.6 Å². The Morgan fingerprint density at radius 2 is 2.19 bits per heavy atom. The van der Waals surface area contributed by atoms with E-state index >= 15 is 0 Å². The molecule has 0 saturated carbocycles. The Balaban J connectivity index is 2.70. The van der Waals surface area contributed by atoms with Crippen molar-refractivity contribution in [1.29, 1.82) is 0 Å². The average Bonchev–Trinajstić information content (AvgIpc) is 2.18. The number of alkyl halides is 2. The van der Waals surface area contributed by atoms with E-state index in [4.69, 9.17) is 5.11 Å². The molecule has 1 rings (SSSR count). The molecule has 0 bridgehead atoms. The van der Waals surface area contributed by atoms with Crippen molar-refractivity contribution in [2.45, 2.75) is 13.2 Å². The fraction of sp³-hybridized carbons (Fsp3) is 0.222. The van der Waals surface area contributed by atoms with Gasteiger partial charge in [0.1, 0.15) is 0 Å². The topological polar surface area (TPSA) is 58.6 Å². The van der Waals surface area contributed by atoms with Crippen molar-refractivity contribution in [3.63, 3.8) is 0 Å². The van der Waals surface area contributed by atoms with Gasteiger partial charge in [-0.05, 0) is 17.7 Å². The van der Waals surface area contributed by atoms with Gasteiger partial charge in [0.25, 0.3) is 0 Å². The van der Waals surface area contributed by atoms with Crippen molar-refractivity contribution >= 4 is 6.09 Å². The lowest BCUT2D eigenvalue weighted by Crippen LogP contribution is -2.20. The molecule has 0 aliphatic carbocycles. The summed E-state index contributed by atoms with van der Waals surface area (Å²) in [6.45, 7) is -3.21. The summed E-state index contributed by atoms with van der Waals surface area (Å²) >= 11 is 0. The third-order valence-electron chi connectivity index (χ3n) is 1.66. The summed E-state index contributed by atoms with van der Waals surface area (Å²) in [5.74, 6) is -1.54. The Labute approximate surface area is 88.6 Å². The molecular weight excluding hydrogens is 227 g/mol. The smallest absolute Gasteiger partial charge is 0.404 e. The highest BCUT2D eigenvalue weighted by Crippen LogP contribution is 2.20. The van der Waals surface area contributed by atoms with Crippen LogP contribution in [0.5, 0.6) is 5.75 Å². The summed E-state index contributed by atoms with van der Waals surface area (Å²) in [5.41, 5.74) is 0.307. The van der Waals surface area contributed by atoms with Gasteiger partial charge in [-0.25, -0.2) is 9.18 Å². The molecule has 0 heterocycles. The number of nitrogens with one attached hydrogen (secondary N) is 1. The van der Waals surface area contributed by atoms with E-state index in [0.29, 0.717) is 5.56 Å². The fourth-order valence-corrected chi connectivity index (χ4v) is 1.02. The average molecular weight is 235 g/mol. The molecule has 7 heteroatoms. The molecule has 0 fully saturated rings. The summed E-state index contributed by atoms with van der Waals surface area (Å²) in [6.07, 6.45) is -1.26. The first-order valence-corrected chi connectivity index (χ1v) is 4.19. The summed E-state index contributed by atoms with van der Waals surface area (Å²) in [5, 5.41) is 10.3. The molecule has 0 aliphatic rings. The number of amides is 1. The van der Waals surface area contributed by atoms with E-state index in [2.05, 4.69) is 4.74 Å². The Kier molecular flexibility index (Phi) is 3.98. The van der Waals surface area contributed by atoms with Crippen LogP contribution in [0, 0.1) is 5.82 Å². The predicted molar refractivity (Wildman–Crippen MR) is 47.9 cm³/mol. The van der Waals surface area contributed by atoms with E-state index in [0.717, 1.165) is 12.1 Å². The highest BCUT2D eigenvalue weighted by molar-refractivity contribution is 5.64. The fourth-order valence-electron chi connectivity index (χ4n) is 1.02. The minimum absolute atomic E-state index is 0.110. The zero-order valence-corrected chi connectivity index (χ0v) is 7.91. The molecule has 0 aromatic heterocycles. The number of halogens is 3. The van der Waals surface area contributed by atoms with Crippen molar-refractivity contribution in [2.24, 2.45) is 0 Å². The lowest BCUT2D eigenvalue weighted by molar-refractivity contribution is -0.0522. The first-order chi connectivity index (χ1) is 7.49. The molecule has 2 N–H and O–H groups in total. The standard InChI is InChI=1S/C9H8F3NO3/c10-6-3-5(4-13-9(14)15)1-2-7(6)16-8(11)12/h1-3,8,13H,4H2,(H,14,15). The van der Waals surface area contributed by atoms with Crippen LogP contribution in [0.4, 0.5) is 18.0 Å². The van der Waals surface area contributed by atoms with Gasteiger partial charge < -0.3 is 15.2 Å². The highest BCUT2D eigenvalue weighted by atomic mass is 19.3. The zero-order chi connectivity index (χ0) is 12.1. The monoisotopic (exact) mass is 235 g/mol. The number of carboxylic acid groups (broad SMARTS) is 1. The van der Waals surface area contributed by atoms with Crippen LogP contribution < -0.4 is 10.1 Å². The predicted octanol–water partition coefficient (Wildman–Crippen LogP) is 2.19. The Hall–Kier alpha value is -1.92. The van der Waals surface area contributed by atoms with Crippen molar-refractivity contribution < 1.29 is 27.8 Å². The van der Waals surface area contributed by atoms with Crippen LogP contribution in [0.2, 0.25) is 0 Å². The number of ether oxygens (including phenoxy) is 1. The first-order valence-electron chi connectivity index (χ1n) is 4.19. The molecule has 88 valence electrons. The normalized spacial score (nSPS) is 10.2. The molecule has 0 atom stereocenters. The van der Waals surface area contributed by atoms with Gasteiger partial charge in [-0.2, -0.15) is 8.78 Å². The molecular formula is C9H8F3NO3. The number of carbonyl (C=O) groups is 1. The summed E-state index contributed by atoms with van der Waals surface area (Å²) in [6, 6.07) is 3.23. The minimum Gasteiger partial charge on any atom is -0.465 e. The van der Waals surface area contributed by atoms with E-state index in [9.17, 15) is 18.0 Å². The van der Waals surface area contributed by atoms with Gasteiger partial charge in [0, 0.05) is 6.54 Å². The number of rotatable bonds is 4. The minimum atomic E-state index is -3.10. The van der Waals surface area contributed by atoms with Gasteiger partial charge in [0.2, 0.25) is 0 Å². The molecule has 0 unspecified atom stereocenters. The zero-order valence-electron chi connectivity index (χ0n) is 7.91. The van der Waals surface area contributed by atoms with Crippen LogP contribution in [0.15, 0.2) is 18.2 Å². The van der Waals surface area contributed by atoms with Gasteiger partial charge >= 0.3 is 12.7 Å². The van der Waals surface area contributed by atoms with E-state index in [-0.39, 0.29) is 6.54 Å². The molecule has 0 spiro atoms. The first kappa shape index (κ1) is 12.2. The largest absolute Gasteiger partial charge is 0.465 e. The van der Waals surface area contributed by atoms with Gasteiger partial charge in [0.15, 0.2) is 11.6 Å². The van der Waals surface area contributed by atoms with Gasteiger partial charge in [-0.15, -0.1) is 0 Å². The van der Waals surface area contributed by atoms with Crippen LogP contribution in [0.1, 0.15) is 5.56 Å². The second kappa shape index (κ2) is 5.24. The lowest BCUT2D eigenvalue weighted by Gasteiger charge is -2.07. The Morgan fingerprint density at radius 1 is 1.50 bits per heavy atom. The molecule has 0 saturated heterocycles. The molecule has 1 aromatic rings. The second-order valence-corrected chi connectivity index (χ2v) is 2.80. The lowest BCUT2D eigenvalue weighted by atomic mass is 10.2. The van der Waals surface area contributed by atoms with Crippen LogP contribution in [-0.4, -0.2) is 17.8 Å². The van der Waals surface area contributed by atoms with E-state index in [1.807, 2.05) is 5.32 Å². The SMILES string of the molecule is O=C(O)NCc1ccc(OC(F)F)c(F)c1. The molecule has 1 amide bonds. The van der Waals surface area contributed by atoms with Crippen molar-refractivity contribution in [2.75, 3.05) is 0 Å². The van der Waals surface area contributed by atoms with Crippen LogP contribution in [0.3, 0.4) is 0 Å². The van der Waals surface area contributed by atoms with Gasteiger partial charge in [-0.3, -0.25) is 0 Å². The van der Waals surface area contributed by atoms with Gasteiger partial charge in [-0.1, -0.05) is 6.07 Å². The maximum atomic E-state index is 13.1. The number of benzene rings is 1. The molecule has 4 nitrogen and oxygen atoms in total.